The summed E-state index contributed by atoms with van der Waals surface area (Å²) >= 11 is 0. The molecule has 47 heavy (non-hydrogen) atoms. The van der Waals surface area contributed by atoms with E-state index in [2.05, 4.69) is 10.2 Å². The summed E-state index contributed by atoms with van der Waals surface area (Å²) < 4.78 is 18.4. The Labute approximate surface area is 275 Å². The standard InChI is InChI=1S/C35H46N4O8/c1-23(2)25(22-40)39-31-33(43)38(16-15-37-17-19-45-20-18-37)14-8-13-35(31)30(32(39)42)29-26(47-35)11-6-7-12-28(41)36-21-27(46-34(29)44)24-9-4-3-5-10-24/h3-6,8-11,13,23,25-27,29-31,40H,7,12,14-22H2,1-2H3,(H,36,41)/b11-6-/t25-,26-,27+,29+,30+,31-,35+/m0/s1. The molecule has 1 aromatic rings. The average Bonchev–Trinajstić information content (AvgIpc) is 3.46. The Hall–Kier alpha value is -3.58. The van der Waals surface area contributed by atoms with Crippen LogP contribution in [0.4, 0.5) is 0 Å². The average molecular weight is 651 g/mol. The summed E-state index contributed by atoms with van der Waals surface area (Å²) in [5.41, 5.74) is -0.754. The molecule has 5 aliphatic heterocycles. The highest BCUT2D eigenvalue weighted by Crippen LogP contribution is 2.54. The van der Waals surface area contributed by atoms with Gasteiger partial charge >= 0.3 is 5.97 Å². The van der Waals surface area contributed by atoms with Crippen LogP contribution in [0.5, 0.6) is 0 Å². The van der Waals surface area contributed by atoms with E-state index in [0.29, 0.717) is 44.8 Å². The van der Waals surface area contributed by atoms with Gasteiger partial charge in [-0.1, -0.05) is 68.5 Å². The number of carbonyl (C=O) groups is 4. The number of aliphatic hydroxyl groups excluding tert-OH is 1. The number of esters is 1. The molecule has 3 fully saturated rings. The Morgan fingerprint density at radius 3 is 2.51 bits per heavy atom. The van der Waals surface area contributed by atoms with Gasteiger partial charge in [-0.3, -0.25) is 24.1 Å². The van der Waals surface area contributed by atoms with Crippen LogP contribution in [0.3, 0.4) is 0 Å². The molecule has 0 saturated carbocycles. The van der Waals surface area contributed by atoms with Gasteiger partial charge in [-0.25, -0.2) is 0 Å². The molecule has 12 nitrogen and oxygen atoms in total. The zero-order chi connectivity index (χ0) is 33.1. The summed E-state index contributed by atoms with van der Waals surface area (Å²) in [5.74, 6) is -3.79. The van der Waals surface area contributed by atoms with Crippen molar-refractivity contribution in [3.05, 3.63) is 60.2 Å². The second-order valence-corrected chi connectivity index (χ2v) is 13.3. The molecular formula is C35H46N4O8. The van der Waals surface area contributed by atoms with Crippen LogP contribution in [0, 0.1) is 17.8 Å². The molecule has 0 aromatic heterocycles. The number of benzene rings is 1. The summed E-state index contributed by atoms with van der Waals surface area (Å²) in [5, 5.41) is 13.4. The molecule has 6 rings (SSSR count). The van der Waals surface area contributed by atoms with Gasteiger partial charge in [-0.05, 0) is 17.9 Å². The minimum absolute atomic E-state index is 0.0749. The number of cyclic esters (lactones) is 1. The molecule has 1 aromatic carbocycles. The first-order chi connectivity index (χ1) is 22.7. The van der Waals surface area contributed by atoms with Crippen molar-refractivity contribution in [1.82, 2.24) is 20.0 Å². The Balaban J connectivity index is 1.38. The fourth-order valence-electron chi connectivity index (χ4n) is 7.66. The molecule has 12 heteroatoms. The molecule has 2 N–H and O–H groups in total. The molecule has 0 radical (unpaired) electrons. The van der Waals surface area contributed by atoms with E-state index in [-0.39, 0.29) is 37.3 Å². The number of hydrogen-bond acceptors (Lipinski definition) is 9. The lowest BCUT2D eigenvalue weighted by atomic mass is 9.78. The third-order valence-electron chi connectivity index (χ3n) is 10.2. The predicted molar refractivity (Wildman–Crippen MR) is 171 cm³/mol. The number of hydrogen-bond donors (Lipinski definition) is 2. The Morgan fingerprint density at radius 1 is 1.02 bits per heavy atom. The number of carbonyl (C=O) groups excluding carboxylic acids is 4. The number of morpholine rings is 1. The van der Waals surface area contributed by atoms with Gasteiger partial charge in [0.15, 0.2) is 0 Å². The molecule has 5 heterocycles. The van der Waals surface area contributed by atoms with Crippen molar-refractivity contribution in [3.8, 4) is 0 Å². The van der Waals surface area contributed by atoms with E-state index in [1.54, 1.807) is 23.1 Å². The third-order valence-corrected chi connectivity index (χ3v) is 10.2. The van der Waals surface area contributed by atoms with E-state index < -0.39 is 53.6 Å². The summed E-state index contributed by atoms with van der Waals surface area (Å²) in [4.78, 5) is 61.7. The molecule has 0 aliphatic carbocycles. The highest BCUT2D eigenvalue weighted by atomic mass is 16.6. The first kappa shape index (κ1) is 33.3. The van der Waals surface area contributed by atoms with Crippen molar-refractivity contribution in [2.75, 3.05) is 59.1 Å². The molecule has 0 unspecified atom stereocenters. The lowest BCUT2D eigenvalue weighted by Crippen LogP contribution is -2.59. The van der Waals surface area contributed by atoms with Crippen LogP contribution in [-0.2, 0) is 33.4 Å². The minimum atomic E-state index is -1.46. The topological polar surface area (TPSA) is 138 Å². The van der Waals surface area contributed by atoms with Gasteiger partial charge in [0, 0.05) is 39.1 Å². The number of nitrogens with zero attached hydrogens (tertiary/aromatic N) is 3. The van der Waals surface area contributed by atoms with Crippen molar-refractivity contribution in [3.63, 3.8) is 0 Å². The van der Waals surface area contributed by atoms with Crippen LogP contribution in [-0.4, -0.2) is 126 Å². The number of likely N-dealkylation sites (tertiary alicyclic amines) is 1. The molecule has 1 spiro atoms. The van der Waals surface area contributed by atoms with Crippen LogP contribution < -0.4 is 5.32 Å². The van der Waals surface area contributed by atoms with Crippen molar-refractivity contribution in [2.45, 2.75) is 56.6 Å². The Kier molecular flexibility index (Phi) is 10.1. The second kappa shape index (κ2) is 14.3. The zero-order valence-corrected chi connectivity index (χ0v) is 27.2. The molecular weight excluding hydrogens is 604 g/mol. The van der Waals surface area contributed by atoms with E-state index in [4.69, 9.17) is 14.2 Å². The zero-order valence-electron chi connectivity index (χ0n) is 27.2. The van der Waals surface area contributed by atoms with Gasteiger partial charge in [-0.15, -0.1) is 0 Å². The second-order valence-electron chi connectivity index (χ2n) is 13.3. The number of ether oxygens (including phenoxy) is 3. The van der Waals surface area contributed by atoms with Crippen LogP contribution in [0.25, 0.3) is 0 Å². The smallest absolute Gasteiger partial charge is 0.313 e. The van der Waals surface area contributed by atoms with Crippen molar-refractivity contribution < 1.29 is 38.5 Å². The van der Waals surface area contributed by atoms with Gasteiger partial charge in [0.1, 0.15) is 23.7 Å². The highest BCUT2D eigenvalue weighted by molar-refractivity contribution is 5.99. The van der Waals surface area contributed by atoms with Crippen molar-refractivity contribution >= 4 is 23.7 Å². The predicted octanol–water partition coefficient (Wildman–Crippen LogP) is 1.07. The van der Waals surface area contributed by atoms with E-state index in [1.807, 2.05) is 50.3 Å². The Morgan fingerprint density at radius 2 is 1.79 bits per heavy atom. The molecule has 7 atom stereocenters. The summed E-state index contributed by atoms with van der Waals surface area (Å²) in [6.07, 6.45) is 6.16. The van der Waals surface area contributed by atoms with E-state index in [1.165, 1.54) is 4.90 Å². The number of amides is 3. The van der Waals surface area contributed by atoms with E-state index in [0.717, 1.165) is 13.1 Å². The van der Waals surface area contributed by atoms with Crippen LogP contribution >= 0.6 is 0 Å². The normalized spacial score (nSPS) is 33.2. The summed E-state index contributed by atoms with van der Waals surface area (Å²) in [6.45, 7) is 7.81. The van der Waals surface area contributed by atoms with Gasteiger partial charge in [0.25, 0.3) is 0 Å². The van der Waals surface area contributed by atoms with Crippen LogP contribution in [0.1, 0.15) is 38.4 Å². The fourth-order valence-corrected chi connectivity index (χ4v) is 7.66. The van der Waals surface area contributed by atoms with E-state index >= 15 is 0 Å². The summed E-state index contributed by atoms with van der Waals surface area (Å²) in [6, 6.07) is 7.41. The highest BCUT2D eigenvalue weighted by Gasteiger charge is 2.72. The van der Waals surface area contributed by atoms with Crippen molar-refractivity contribution in [1.29, 1.82) is 0 Å². The van der Waals surface area contributed by atoms with Gasteiger partial charge in [0.05, 0.1) is 44.4 Å². The Bertz CT molecular complexity index is 1380. The van der Waals surface area contributed by atoms with Crippen LogP contribution in [0.15, 0.2) is 54.6 Å². The SMILES string of the molecule is CC(C)[C@H](CO)N1C(=O)[C@H]2[C@@H]3C(=O)O[C@@H](c4ccccc4)CNC(=O)CC/C=C\[C@@H]3O[C@]23C=CCN(CCN2CCOCC2)C(=O)[C@H]13. The minimum Gasteiger partial charge on any atom is -0.455 e. The quantitative estimate of drug-likeness (QED) is 0.328. The molecule has 3 amide bonds. The maximum Gasteiger partial charge on any atom is 0.313 e. The lowest BCUT2D eigenvalue weighted by molar-refractivity contribution is -0.161. The van der Waals surface area contributed by atoms with Gasteiger partial charge < -0.3 is 34.4 Å². The van der Waals surface area contributed by atoms with Crippen molar-refractivity contribution in [2.24, 2.45) is 17.8 Å². The maximum atomic E-state index is 14.7. The number of aliphatic hydroxyl groups is 1. The number of fused-ring (bicyclic) bond motifs is 2. The molecule has 0 bridgehead atoms. The van der Waals surface area contributed by atoms with E-state index in [9.17, 15) is 24.3 Å². The third kappa shape index (κ3) is 6.48. The lowest BCUT2D eigenvalue weighted by Gasteiger charge is -2.40. The number of rotatable bonds is 7. The fraction of sp³-hybridized carbons (Fsp3) is 0.600. The first-order valence-corrected chi connectivity index (χ1v) is 16.8. The molecule has 5 aliphatic rings. The largest absolute Gasteiger partial charge is 0.455 e. The van der Waals surface area contributed by atoms with Gasteiger partial charge in [-0.2, -0.15) is 0 Å². The van der Waals surface area contributed by atoms with Gasteiger partial charge in [0.2, 0.25) is 17.7 Å². The number of allylic oxidation sites excluding steroid dienone is 1. The van der Waals surface area contributed by atoms with Crippen LogP contribution in [0.2, 0.25) is 0 Å². The first-order valence-electron chi connectivity index (χ1n) is 16.8. The maximum absolute atomic E-state index is 14.7. The summed E-state index contributed by atoms with van der Waals surface area (Å²) in [7, 11) is 0. The number of nitrogens with one attached hydrogen (secondary N) is 1. The molecule has 3 saturated heterocycles. The monoisotopic (exact) mass is 650 g/mol. The molecule has 254 valence electrons.